The fraction of sp³-hybridized carbons (Fsp3) is 0.318. The number of hydrogen-bond donors (Lipinski definition) is 1. The molecule has 4 rings (SSSR count). The molecule has 1 aromatic heterocycles. The van der Waals surface area contributed by atoms with Crippen LogP contribution < -0.4 is 5.32 Å². The summed E-state index contributed by atoms with van der Waals surface area (Å²) < 4.78 is 1.99. The first-order valence-corrected chi connectivity index (χ1v) is 12.0. The Bertz CT molecular complexity index is 1010. The van der Waals surface area contributed by atoms with E-state index in [2.05, 4.69) is 15.3 Å². The predicted molar refractivity (Wildman–Crippen MR) is 124 cm³/mol. The number of fused-ring (bicyclic) bond motifs is 1. The van der Waals surface area contributed by atoms with Crippen molar-refractivity contribution in [2.75, 3.05) is 5.75 Å². The second-order valence-electron chi connectivity index (χ2n) is 7.13. The van der Waals surface area contributed by atoms with Gasteiger partial charge in [-0.2, -0.15) is 0 Å². The molecule has 4 nitrogen and oxygen atoms in total. The van der Waals surface area contributed by atoms with Gasteiger partial charge < -0.3 is 5.32 Å². The predicted octanol–water partition coefficient (Wildman–Crippen LogP) is 6.24. The summed E-state index contributed by atoms with van der Waals surface area (Å²) in [5.41, 5.74) is 2.82. The normalized spacial score (nSPS) is 15.2. The van der Waals surface area contributed by atoms with E-state index in [0.717, 1.165) is 38.6 Å². The van der Waals surface area contributed by atoms with Crippen LogP contribution in [0.1, 0.15) is 37.7 Å². The lowest BCUT2D eigenvalue weighted by Gasteiger charge is -2.22. The number of nitrogens with zero attached hydrogens (tertiary/aromatic N) is 2. The number of benzene rings is 2. The lowest BCUT2D eigenvalue weighted by Crippen LogP contribution is -2.37. The number of rotatable bonds is 6. The minimum atomic E-state index is 0.106. The topological polar surface area (TPSA) is 54.4 Å². The molecule has 29 heavy (non-hydrogen) atoms. The summed E-state index contributed by atoms with van der Waals surface area (Å²) >= 11 is 9.02. The molecule has 3 aromatic rings. The van der Waals surface area contributed by atoms with Gasteiger partial charge in [0.2, 0.25) is 5.91 Å². The first-order valence-electron chi connectivity index (χ1n) is 9.78. The van der Waals surface area contributed by atoms with E-state index in [0.29, 0.717) is 16.8 Å². The van der Waals surface area contributed by atoms with Gasteiger partial charge in [-0.05, 0) is 48.7 Å². The molecule has 0 bridgehead atoms. The van der Waals surface area contributed by atoms with E-state index >= 15 is 0 Å². The van der Waals surface area contributed by atoms with Gasteiger partial charge in [-0.25, -0.2) is 4.98 Å². The van der Waals surface area contributed by atoms with Crippen LogP contribution in [0.4, 0.5) is 5.69 Å². The van der Waals surface area contributed by atoms with Crippen LogP contribution in [0.25, 0.3) is 10.2 Å². The highest BCUT2D eigenvalue weighted by Gasteiger charge is 2.16. The third kappa shape index (κ3) is 5.81. The Morgan fingerprint density at radius 2 is 2.00 bits per heavy atom. The smallest absolute Gasteiger partial charge is 0.230 e. The maximum Gasteiger partial charge on any atom is 0.230 e. The maximum absolute atomic E-state index is 12.2. The summed E-state index contributed by atoms with van der Waals surface area (Å²) in [7, 11) is 0. The van der Waals surface area contributed by atoms with Crippen molar-refractivity contribution < 1.29 is 4.79 Å². The van der Waals surface area contributed by atoms with Crippen molar-refractivity contribution in [3.63, 3.8) is 0 Å². The lowest BCUT2D eigenvalue weighted by molar-refractivity contribution is -0.119. The van der Waals surface area contributed by atoms with Gasteiger partial charge in [0, 0.05) is 17.3 Å². The molecule has 0 radical (unpaired) electrons. The Balaban J connectivity index is 1.36. The van der Waals surface area contributed by atoms with Crippen LogP contribution in [0.2, 0.25) is 5.02 Å². The second-order valence-corrected chi connectivity index (χ2v) is 9.82. The van der Waals surface area contributed by atoms with Crippen LogP contribution in [0, 0.1) is 0 Å². The van der Waals surface area contributed by atoms with E-state index in [1.807, 2.05) is 48.7 Å². The Kier molecular flexibility index (Phi) is 6.85. The number of carbonyl (C=O) groups excluding carboxylic acids is 1. The Morgan fingerprint density at radius 3 is 2.79 bits per heavy atom. The summed E-state index contributed by atoms with van der Waals surface area (Å²) in [5, 5.41) is 3.87. The van der Waals surface area contributed by atoms with Crippen LogP contribution in [-0.2, 0) is 4.79 Å². The zero-order valence-corrected chi connectivity index (χ0v) is 18.3. The number of carbonyl (C=O) groups is 1. The van der Waals surface area contributed by atoms with Crippen molar-refractivity contribution in [2.45, 2.75) is 42.5 Å². The van der Waals surface area contributed by atoms with Crippen LogP contribution in [0.3, 0.4) is 0 Å². The van der Waals surface area contributed by atoms with Gasteiger partial charge in [0.1, 0.15) is 0 Å². The van der Waals surface area contributed by atoms with Crippen molar-refractivity contribution in [1.82, 2.24) is 10.3 Å². The fourth-order valence-electron chi connectivity index (χ4n) is 3.38. The third-order valence-electron chi connectivity index (χ3n) is 4.88. The standard InChI is InChI=1S/C22H22ClN3OS2/c23-16-8-6-15(7-9-16)13-24-18-10-11-19-20(12-18)29-22(26-19)28-14-21(27)25-17-4-2-1-3-5-17/h6-13,17H,1-5,14H2,(H,25,27). The Labute approximate surface area is 183 Å². The first-order chi connectivity index (χ1) is 14.2. The number of hydrogen-bond acceptors (Lipinski definition) is 5. The maximum atomic E-state index is 12.2. The molecule has 1 amide bonds. The van der Waals surface area contributed by atoms with Gasteiger partial charge >= 0.3 is 0 Å². The number of halogens is 1. The van der Waals surface area contributed by atoms with Crippen LogP contribution in [0.15, 0.2) is 51.8 Å². The van der Waals surface area contributed by atoms with E-state index in [1.54, 1.807) is 11.3 Å². The minimum Gasteiger partial charge on any atom is -0.353 e. The molecule has 1 N–H and O–H groups in total. The molecule has 7 heteroatoms. The fourth-order valence-corrected chi connectivity index (χ4v) is 5.41. The highest BCUT2D eigenvalue weighted by molar-refractivity contribution is 8.01. The molecule has 150 valence electrons. The number of thioether (sulfide) groups is 1. The zero-order valence-electron chi connectivity index (χ0n) is 15.9. The number of thiazole rings is 1. The molecule has 1 aliphatic rings. The van der Waals surface area contributed by atoms with Crippen LogP contribution in [0.5, 0.6) is 0 Å². The molecule has 1 saturated carbocycles. The summed E-state index contributed by atoms with van der Waals surface area (Å²) in [5.74, 6) is 0.521. The molecule has 1 aliphatic carbocycles. The van der Waals surface area contributed by atoms with E-state index in [1.165, 1.54) is 31.0 Å². The van der Waals surface area contributed by atoms with Gasteiger partial charge in [-0.3, -0.25) is 9.79 Å². The summed E-state index contributed by atoms with van der Waals surface area (Å²) in [6.07, 6.45) is 7.77. The number of aromatic nitrogens is 1. The first kappa shape index (κ1) is 20.4. The van der Waals surface area contributed by atoms with E-state index < -0.39 is 0 Å². The molecular formula is C22H22ClN3OS2. The van der Waals surface area contributed by atoms with Crippen molar-refractivity contribution >= 4 is 62.7 Å². The van der Waals surface area contributed by atoms with Gasteiger partial charge in [0.25, 0.3) is 0 Å². The van der Waals surface area contributed by atoms with Gasteiger partial charge in [0.15, 0.2) is 4.34 Å². The summed E-state index contributed by atoms with van der Waals surface area (Å²) in [6.45, 7) is 0. The molecule has 1 heterocycles. The monoisotopic (exact) mass is 443 g/mol. The van der Waals surface area contributed by atoms with Gasteiger partial charge in [0.05, 0.1) is 21.7 Å². The third-order valence-corrected chi connectivity index (χ3v) is 7.30. The number of amides is 1. The molecule has 1 fully saturated rings. The van der Waals surface area contributed by atoms with Gasteiger partial charge in [-0.15, -0.1) is 11.3 Å². The Hall–Kier alpha value is -1.89. The lowest BCUT2D eigenvalue weighted by atomic mass is 9.95. The average Bonchev–Trinajstić information content (AvgIpc) is 3.15. The summed E-state index contributed by atoms with van der Waals surface area (Å²) in [4.78, 5) is 21.4. The van der Waals surface area contributed by atoms with E-state index in [-0.39, 0.29) is 5.91 Å². The van der Waals surface area contributed by atoms with Crippen molar-refractivity contribution in [2.24, 2.45) is 4.99 Å². The molecule has 0 atom stereocenters. The minimum absolute atomic E-state index is 0.106. The van der Waals surface area contributed by atoms with Crippen molar-refractivity contribution in [1.29, 1.82) is 0 Å². The van der Waals surface area contributed by atoms with E-state index in [9.17, 15) is 4.79 Å². The number of aliphatic imine (C=N–C) groups is 1. The quantitative estimate of drug-likeness (QED) is 0.362. The van der Waals surface area contributed by atoms with Crippen molar-refractivity contribution in [3.05, 3.63) is 53.1 Å². The molecule has 0 spiro atoms. The molecule has 0 unspecified atom stereocenters. The SMILES string of the molecule is O=C(CSc1nc2ccc(N=Cc3ccc(Cl)cc3)cc2s1)NC1CCCCC1. The van der Waals surface area contributed by atoms with Crippen LogP contribution in [-0.4, -0.2) is 28.9 Å². The average molecular weight is 444 g/mol. The number of nitrogens with one attached hydrogen (secondary N) is 1. The van der Waals surface area contributed by atoms with E-state index in [4.69, 9.17) is 11.6 Å². The zero-order chi connectivity index (χ0) is 20.1. The molecule has 0 aliphatic heterocycles. The molecule has 2 aromatic carbocycles. The molecular weight excluding hydrogens is 422 g/mol. The largest absolute Gasteiger partial charge is 0.353 e. The Morgan fingerprint density at radius 1 is 1.21 bits per heavy atom. The molecule has 0 saturated heterocycles. The van der Waals surface area contributed by atoms with Gasteiger partial charge in [-0.1, -0.05) is 54.8 Å². The summed E-state index contributed by atoms with van der Waals surface area (Å²) in [6, 6.07) is 13.9. The van der Waals surface area contributed by atoms with Crippen molar-refractivity contribution in [3.8, 4) is 0 Å². The van der Waals surface area contributed by atoms with Crippen LogP contribution >= 0.6 is 34.7 Å². The highest BCUT2D eigenvalue weighted by Crippen LogP contribution is 2.32. The highest BCUT2D eigenvalue weighted by atomic mass is 35.5. The second kappa shape index (κ2) is 9.74.